The molecule has 1 N–H and O–H groups in total. The Balaban J connectivity index is 2.11. The number of amides is 1. The van der Waals surface area contributed by atoms with Gasteiger partial charge in [-0.1, -0.05) is 58.4 Å². The number of esters is 1. The minimum absolute atomic E-state index is 0.0673. The van der Waals surface area contributed by atoms with E-state index in [4.69, 9.17) is 4.74 Å². The van der Waals surface area contributed by atoms with Gasteiger partial charge in [-0.3, -0.25) is 9.59 Å². The Kier molecular flexibility index (Phi) is 6.75. The zero-order valence-electron chi connectivity index (χ0n) is 13.2. The predicted molar refractivity (Wildman–Crippen MR) is 97.1 cm³/mol. The maximum absolute atomic E-state index is 12.2. The van der Waals surface area contributed by atoms with Crippen LogP contribution in [0.2, 0.25) is 0 Å². The minimum Gasteiger partial charge on any atom is -0.469 e. The summed E-state index contributed by atoms with van der Waals surface area (Å²) in [5.41, 5.74) is 1.76. The number of ether oxygens (including phenoxy) is 1. The molecule has 0 aliphatic heterocycles. The maximum atomic E-state index is 12.2. The van der Waals surface area contributed by atoms with Crippen molar-refractivity contribution >= 4 is 33.9 Å². The third-order valence-electron chi connectivity index (χ3n) is 3.39. The van der Waals surface area contributed by atoms with Gasteiger partial charge in [-0.05, 0) is 29.3 Å². The molecular formula is C19H18BrNO3. The molecule has 1 atom stereocenters. The second kappa shape index (κ2) is 9.03. The zero-order valence-corrected chi connectivity index (χ0v) is 14.8. The number of hydrogen-bond donors (Lipinski definition) is 1. The van der Waals surface area contributed by atoms with Crippen LogP contribution >= 0.6 is 15.9 Å². The summed E-state index contributed by atoms with van der Waals surface area (Å²) < 4.78 is 5.60. The van der Waals surface area contributed by atoms with Gasteiger partial charge < -0.3 is 10.1 Å². The van der Waals surface area contributed by atoms with Crippen LogP contribution in [-0.4, -0.2) is 19.0 Å². The molecule has 5 heteroatoms. The normalized spacial score (nSPS) is 11.9. The van der Waals surface area contributed by atoms with E-state index in [0.29, 0.717) is 0 Å². The van der Waals surface area contributed by atoms with Crippen molar-refractivity contribution in [3.8, 4) is 0 Å². The summed E-state index contributed by atoms with van der Waals surface area (Å²) in [6, 6.07) is 16.5. The Labute approximate surface area is 149 Å². The Bertz CT molecular complexity index is 728. The number of benzene rings is 2. The molecule has 2 aromatic rings. The van der Waals surface area contributed by atoms with E-state index in [9.17, 15) is 9.59 Å². The van der Waals surface area contributed by atoms with Gasteiger partial charge in [0.15, 0.2) is 0 Å². The molecule has 1 unspecified atom stereocenters. The highest BCUT2D eigenvalue weighted by molar-refractivity contribution is 9.10. The maximum Gasteiger partial charge on any atom is 0.307 e. The molecule has 0 aliphatic rings. The van der Waals surface area contributed by atoms with Crippen LogP contribution in [0.25, 0.3) is 6.08 Å². The van der Waals surface area contributed by atoms with Crippen molar-refractivity contribution in [3.63, 3.8) is 0 Å². The quantitative estimate of drug-likeness (QED) is 0.604. The van der Waals surface area contributed by atoms with E-state index in [0.717, 1.165) is 15.6 Å². The van der Waals surface area contributed by atoms with Gasteiger partial charge in [0.2, 0.25) is 5.91 Å². The van der Waals surface area contributed by atoms with E-state index in [1.54, 1.807) is 6.08 Å². The number of carbonyl (C=O) groups excluding carboxylic acids is 2. The van der Waals surface area contributed by atoms with Gasteiger partial charge in [0.1, 0.15) is 0 Å². The van der Waals surface area contributed by atoms with Crippen molar-refractivity contribution in [2.45, 2.75) is 12.5 Å². The van der Waals surface area contributed by atoms with Gasteiger partial charge in [-0.2, -0.15) is 0 Å². The summed E-state index contributed by atoms with van der Waals surface area (Å²) in [7, 11) is 1.33. The van der Waals surface area contributed by atoms with Gasteiger partial charge >= 0.3 is 5.97 Å². The fourth-order valence-electron chi connectivity index (χ4n) is 2.18. The fraction of sp³-hybridized carbons (Fsp3) is 0.158. The first-order valence-electron chi connectivity index (χ1n) is 7.44. The van der Waals surface area contributed by atoms with Crippen molar-refractivity contribution in [2.24, 2.45) is 0 Å². The molecule has 0 radical (unpaired) electrons. The fourth-order valence-corrected chi connectivity index (χ4v) is 2.60. The number of rotatable bonds is 6. The van der Waals surface area contributed by atoms with E-state index in [2.05, 4.69) is 21.2 Å². The molecule has 24 heavy (non-hydrogen) atoms. The summed E-state index contributed by atoms with van der Waals surface area (Å²) in [5, 5.41) is 2.85. The Morgan fingerprint density at radius 3 is 2.58 bits per heavy atom. The molecule has 0 fully saturated rings. The second-order valence-corrected chi connectivity index (χ2v) is 6.06. The Morgan fingerprint density at radius 2 is 1.92 bits per heavy atom. The molecule has 0 spiro atoms. The van der Waals surface area contributed by atoms with Crippen molar-refractivity contribution in [3.05, 3.63) is 76.3 Å². The van der Waals surface area contributed by atoms with Crippen LogP contribution in [0.15, 0.2) is 65.1 Å². The SMILES string of the molecule is COC(=O)CC(NC(=O)/C=C/c1ccccc1)c1cccc(Br)c1. The van der Waals surface area contributed by atoms with Crippen LogP contribution in [0, 0.1) is 0 Å². The van der Waals surface area contributed by atoms with Crippen LogP contribution in [0.3, 0.4) is 0 Å². The first kappa shape index (κ1) is 17.9. The topological polar surface area (TPSA) is 55.4 Å². The highest BCUT2D eigenvalue weighted by Crippen LogP contribution is 2.21. The molecule has 0 saturated heterocycles. The summed E-state index contributed by atoms with van der Waals surface area (Å²) in [5.74, 6) is -0.653. The highest BCUT2D eigenvalue weighted by atomic mass is 79.9. The number of hydrogen-bond acceptors (Lipinski definition) is 3. The summed E-state index contributed by atoms with van der Waals surface area (Å²) >= 11 is 3.40. The highest BCUT2D eigenvalue weighted by Gasteiger charge is 2.18. The van der Waals surface area contributed by atoms with E-state index in [-0.39, 0.29) is 18.3 Å². The molecule has 0 heterocycles. The lowest BCUT2D eigenvalue weighted by atomic mass is 10.0. The number of carbonyl (C=O) groups is 2. The minimum atomic E-state index is -0.456. The standard InChI is InChI=1S/C19H18BrNO3/c1-24-19(23)13-17(15-8-5-9-16(20)12-15)21-18(22)11-10-14-6-3-2-4-7-14/h2-12,17H,13H2,1H3,(H,21,22)/b11-10+. The molecule has 1 amide bonds. The van der Waals surface area contributed by atoms with Crippen molar-refractivity contribution in [1.29, 1.82) is 0 Å². The molecular weight excluding hydrogens is 370 g/mol. The molecule has 2 rings (SSSR count). The first-order valence-corrected chi connectivity index (χ1v) is 8.23. The third-order valence-corrected chi connectivity index (χ3v) is 3.89. The van der Waals surface area contributed by atoms with Gasteiger partial charge in [0, 0.05) is 10.5 Å². The molecule has 4 nitrogen and oxygen atoms in total. The molecule has 0 aromatic heterocycles. The lowest BCUT2D eigenvalue weighted by molar-refractivity contribution is -0.141. The van der Waals surface area contributed by atoms with Crippen LogP contribution < -0.4 is 5.32 Å². The molecule has 0 bridgehead atoms. The zero-order chi connectivity index (χ0) is 17.4. The van der Waals surface area contributed by atoms with Crippen molar-refractivity contribution < 1.29 is 14.3 Å². The lowest BCUT2D eigenvalue weighted by Crippen LogP contribution is -2.29. The van der Waals surface area contributed by atoms with E-state index in [1.165, 1.54) is 13.2 Å². The van der Waals surface area contributed by atoms with Gasteiger partial charge in [0.25, 0.3) is 0 Å². The predicted octanol–water partition coefficient (Wildman–Crippen LogP) is 3.88. The smallest absolute Gasteiger partial charge is 0.307 e. The average Bonchev–Trinajstić information content (AvgIpc) is 2.60. The number of nitrogens with one attached hydrogen (secondary N) is 1. The second-order valence-electron chi connectivity index (χ2n) is 5.14. The summed E-state index contributed by atoms with van der Waals surface area (Å²) in [4.78, 5) is 23.8. The lowest BCUT2D eigenvalue weighted by Gasteiger charge is -2.17. The summed E-state index contributed by atoms with van der Waals surface area (Å²) in [6.07, 6.45) is 3.25. The van der Waals surface area contributed by atoms with E-state index < -0.39 is 6.04 Å². The van der Waals surface area contributed by atoms with Gasteiger partial charge in [0.05, 0.1) is 19.6 Å². The van der Waals surface area contributed by atoms with Crippen LogP contribution in [0.1, 0.15) is 23.6 Å². The molecule has 0 aliphatic carbocycles. The number of methoxy groups -OCH3 is 1. The molecule has 124 valence electrons. The van der Waals surface area contributed by atoms with Crippen LogP contribution in [0.5, 0.6) is 0 Å². The van der Waals surface area contributed by atoms with E-state index >= 15 is 0 Å². The van der Waals surface area contributed by atoms with Crippen molar-refractivity contribution in [1.82, 2.24) is 5.32 Å². The molecule has 0 saturated carbocycles. The van der Waals surface area contributed by atoms with Crippen molar-refractivity contribution in [2.75, 3.05) is 7.11 Å². The van der Waals surface area contributed by atoms with Crippen LogP contribution in [-0.2, 0) is 14.3 Å². The third kappa shape index (κ3) is 5.66. The first-order chi connectivity index (χ1) is 11.6. The van der Waals surface area contributed by atoms with E-state index in [1.807, 2.05) is 54.6 Å². The van der Waals surface area contributed by atoms with Gasteiger partial charge in [-0.25, -0.2) is 0 Å². The van der Waals surface area contributed by atoms with Gasteiger partial charge in [-0.15, -0.1) is 0 Å². The Hall–Kier alpha value is -2.40. The Morgan fingerprint density at radius 1 is 1.17 bits per heavy atom. The number of halogens is 1. The average molecular weight is 388 g/mol. The largest absolute Gasteiger partial charge is 0.469 e. The monoisotopic (exact) mass is 387 g/mol. The molecule has 2 aromatic carbocycles. The van der Waals surface area contributed by atoms with Crippen LogP contribution in [0.4, 0.5) is 0 Å². The summed E-state index contributed by atoms with van der Waals surface area (Å²) in [6.45, 7) is 0.